The van der Waals surface area contributed by atoms with E-state index in [0.717, 1.165) is 38.0 Å². The smallest absolute Gasteiger partial charge is 0.263 e. The summed E-state index contributed by atoms with van der Waals surface area (Å²) in [6.45, 7) is 6.65. The van der Waals surface area contributed by atoms with Crippen molar-refractivity contribution >= 4 is 61.3 Å². The van der Waals surface area contributed by atoms with Gasteiger partial charge in [0.25, 0.3) is 10.0 Å². The number of rotatable bonds is 5. The fourth-order valence-electron chi connectivity index (χ4n) is 4.03. The Morgan fingerprint density at radius 1 is 1.00 bits per heavy atom. The molecular weight excluding hydrogens is 539 g/mol. The summed E-state index contributed by atoms with van der Waals surface area (Å²) in [7, 11) is -3.67. The summed E-state index contributed by atoms with van der Waals surface area (Å²) < 4.78 is 27.2. The van der Waals surface area contributed by atoms with Crippen molar-refractivity contribution in [2.75, 3.05) is 29.3 Å². The van der Waals surface area contributed by atoms with Crippen LogP contribution in [0.3, 0.4) is 0 Å². The van der Waals surface area contributed by atoms with Gasteiger partial charge in [-0.1, -0.05) is 43.1 Å². The molecule has 2 fully saturated rings. The van der Waals surface area contributed by atoms with Gasteiger partial charge in [-0.25, -0.2) is 13.4 Å². The summed E-state index contributed by atoms with van der Waals surface area (Å²) in [5.74, 6) is 0.114. The molecule has 1 N–H and O–H groups in total. The fourth-order valence-corrected chi connectivity index (χ4v) is 6.25. The second kappa shape index (κ2) is 13.4. The zero-order valence-electron chi connectivity index (χ0n) is 20.2. The Labute approximate surface area is 227 Å². The van der Waals surface area contributed by atoms with Gasteiger partial charge in [0.1, 0.15) is 0 Å². The molecule has 1 aromatic heterocycles. The number of benzene rings is 2. The number of carbonyl (C=O) groups excluding carboxylic acids is 1. The normalized spacial score (nSPS) is 17.7. The Bertz CT molecular complexity index is 1200. The number of sulfonamides is 1. The zero-order chi connectivity index (χ0) is 26.1. The lowest BCUT2D eigenvalue weighted by atomic mass is 10.2. The Hall–Kier alpha value is -2.17. The molecule has 0 radical (unpaired) electrons. The van der Waals surface area contributed by atoms with Crippen LogP contribution < -0.4 is 9.62 Å². The van der Waals surface area contributed by atoms with Crippen LogP contribution in [-0.4, -0.2) is 49.9 Å². The van der Waals surface area contributed by atoms with E-state index in [1.165, 1.54) is 23.5 Å². The fraction of sp³-hybridized carbons (Fsp3) is 0.360. The van der Waals surface area contributed by atoms with Crippen molar-refractivity contribution in [3.8, 4) is 0 Å². The lowest BCUT2D eigenvalue weighted by Crippen LogP contribution is -2.40. The second-order valence-corrected chi connectivity index (χ2v) is 11.4. The summed E-state index contributed by atoms with van der Waals surface area (Å²) >= 11 is 12.3. The van der Waals surface area contributed by atoms with Gasteiger partial charge >= 0.3 is 0 Å². The average molecular weight is 570 g/mol. The first-order valence-electron chi connectivity index (χ1n) is 11.8. The maximum absolute atomic E-state index is 12.7. The van der Waals surface area contributed by atoms with Crippen LogP contribution in [0, 0.1) is 0 Å². The molecule has 36 heavy (non-hydrogen) atoms. The van der Waals surface area contributed by atoms with Crippen molar-refractivity contribution in [3.63, 3.8) is 0 Å². The highest BCUT2D eigenvalue weighted by molar-refractivity contribution is 7.93. The van der Waals surface area contributed by atoms with E-state index in [0.29, 0.717) is 21.7 Å². The number of halogens is 2. The SMILES string of the molecule is CC.Clc1cccc(Cl)c1.O=C1[C@@H](N2CCCC2)CCN1c1ccc(S(=O)(=O)Nc2nccs2)cc1. The number of nitrogens with zero attached hydrogens (tertiary/aromatic N) is 3. The van der Waals surface area contributed by atoms with Crippen molar-refractivity contribution in [1.29, 1.82) is 0 Å². The molecule has 7 nitrogen and oxygen atoms in total. The summed E-state index contributed by atoms with van der Waals surface area (Å²) in [5, 5.41) is 3.39. The molecule has 0 saturated carbocycles. The quantitative estimate of drug-likeness (QED) is 0.398. The first-order chi connectivity index (χ1) is 17.3. The van der Waals surface area contributed by atoms with Gasteiger partial charge in [-0.3, -0.25) is 14.4 Å². The molecule has 2 aliphatic rings. The lowest BCUT2D eigenvalue weighted by Gasteiger charge is -2.22. The number of thiazole rings is 1. The number of hydrogen-bond donors (Lipinski definition) is 1. The van der Waals surface area contributed by atoms with E-state index in [1.54, 1.807) is 46.8 Å². The van der Waals surface area contributed by atoms with Crippen LogP contribution in [0.15, 0.2) is 65.0 Å². The molecule has 2 saturated heterocycles. The molecular formula is C25H30Cl2N4O3S2. The first kappa shape index (κ1) is 28.4. The second-order valence-electron chi connectivity index (χ2n) is 7.91. The molecule has 0 bridgehead atoms. The standard InChI is InChI=1S/C17H20N4O3S2.C6H4Cl2.C2H6/c22-16-15(20-9-1-2-10-20)7-11-21(16)13-3-5-14(6-4-13)26(23,24)19-17-18-8-12-25-17;7-5-2-1-3-6(8)4-5;1-2/h3-6,8,12,15H,1-2,7,9-11H2,(H,18,19);1-4H;1-2H3/t15-;;/m0../s1. The van der Waals surface area contributed by atoms with Gasteiger partial charge in [0, 0.05) is 33.9 Å². The minimum Gasteiger partial charge on any atom is -0.311 e. The van der Waals surface area contributed by atoms with Gasteiger partial charge in [0.2, 0.25) is 5.91 Å². The van der Waals surface area contributed by atoms with Gasteiger partial charge < -0.3 is 4.90 Å². The van der Waals surface area contributed by atoms with Crippen LogP contribution in [0.5, 0.6) is 0 Å². The Balaban J connectivity index is 0.000000305. The number of hydrogen-bond acceptors (Lipinski definition) is 6. The number of anilines is 2. The molecule has 194 valence electrons. The zero-order valence-corrected chi connectivity index (χ0v) is 23.4. The first-order valence-corrected chi connectivity index (χ1v) is 14.9. The monoisotopic (exact) mass is 568 g/mol. The highest BCUT2D eigenvalue weighted by Gasteiger charge is 2.37. The molecule has 2 aliphatic heterocycles. The number of amides is 1. The summed E-state index contributed by atoms with van der Waals surface area (Å²) in [6.07, 6.45) is 4.68. The molecule has 2 aromatic carbocycles. The van der Waals surface area contributed by atoms with E-state index >= 15 is 0 Å². The third-order valence-corrected chi connectivity index (χ3v) is 8.30. The third kappa shape index (κ3) is 7.43. The molecule has 11 heteroatoms. The van der Waals surface area contributed by atoms with Crippen LogP contribution in [0.2, 0.25) is 10.0 Å². The van der Waals surface area contributed by atoms with Crippen molar-refractivity contribution in [3.05, 3.63) is 70.2 Å². The van der Waals surface area contributed by atoms with Crippen LogP contribution in [-0.2, 0) is 14.8 Å². The van der Waals surface area contributed by atoms with Crippen LogP contribution in [0.4, 0.5) is 10.8 Å². The van der Waals surface area contributed by atoms with E-state index in [1.807, 2.05) is 19.9 Å². The van der Waals surface area contributed by atoms with Crippen molar-refractivity contribution in [2.24, 2.45) is 0 Å². The number of nitrogens with one attached hydrogen (secondary N) is 1. The Kier molecular flexibility index (Phi) is 10.6. The van der Waals surface area contributed by atoms with Gasteiger partial charge in [0.15, 0.2) is 5.13 Å². The van der Waals surface area contributed by atoms with Crippen LogP contribution in [0.1, 0.15) is 33.1 Å². The van der Waals surface area contributed by atoms with E-state index < -0.39 is 10.0 Å². The van der Waals surface area contributed by atoms with Gasteiger partial charge in [-0.15, -0.1) is 11.3 Å². The maximum atomic E-state index is 12.7. The van der Waals surface area contributed by atoms with Crippen molar-refractivity contribution in [1.82, 2.24) is 9.88 Å². The molecule has 5 rings (SSSR count). The molecule has 0 unspecified atom stereocenters. The minimum absolute atomic E-state index is 0.0347. The Morgan fingerprint density at radius 3 is 2.17 bits per heavy atom. The molecule has 1 amide bonds. The number of likely N-dealkylation sites (tertiary alicyclic amines) is 1. The van der Waals surface area contributed by atoms with Gasteiger partial charge in [0.05, 0.1) is 10.9 Å². The van der Waals surface area contributed by atoms with Crippen LogP contribution in [0.25, 0.3) is 0 Å². The van der Waals surface area contributed by atoms with E-state index in [4.69, 9.17) is 23.2 Å². The number of carbonyl (C=O) groups is 1. The van der Waals surface area contributed by atoms with Crippen molar-refractivity contribution in [2.45, 2.75) is 44.0 Å². The average Bonchev–Trinajstić information content (AvgIpc) is 3.63. The molecule has 0 spiro atoms. The Morgan fingerprint density at radius 2 is 1.64 bits per heavy atom. The van der Waals surface area contributed by atoms with Crippen molar-refractivity contribution < 1.29 is 13.2 Å². The van der Waals surface area contributed by atoms with Gasteiger partial charge in [-0.05, 0) is 74.8 Å². The van der Waals surface area contributed by atoms with E-state index in [9.17, 15) is 13.2 Å². The minimum atomic E-state index is -3.67. The maximum Gasteiger partial charge on any atom is 0.263 e. The topological polar surface area (TPSA) is 82.6 Å². The summed E-state index contributed by atoms with van der Waals surface area (Å²) in [5.41, 5.74) is 0.741. The summed E-state index contributed by atoms with van der Waals surface area (Å²) in [4.78, 5) is 20.8. The largest absolute Gasteiger partial charge is 0.311 e. The van der Waals surface area contributed by atoms with E-state index in [-0.39, 0.29) is 16.8 Å². The third-order valence-electron chi connectivity index (χ3n) is 5.66. The van der Waals surface area contributed by atoms with Crippen LogP contribution >= 0.6 is 34.5 Å². The molecule has 3 heterocycles. The predicted molar refractivity (Wildman–Crippen MR) is 149 cm³/mol. The number of aromatic nitrogens is 1. The molecule has 0 aliphatic carbocycles. The summed E-state index contributed by atoms with van der Waals surface area (Å²) in [6, 6.07) is 13.5. The highest BCUT2D eigenvalue weighted by Crippen LogP contribution is 2.28. The lowest BCUT2D eigenvalue weighted by molar-refractivity contribution is -0.121. The molecule has 3 aromatic rings. The predicted octanol–water partition coefficient (Wildman–Crippen LogP) is 6.16. The highest BCUT2D eigenvalue weighted by atomic mass is 35.5. The molecule has 1 atom stereocenters. The van der Waals surface area contributed by atoms with E-state index in [2.05, 4.69) is 14.6 Å². The van der Waals surface area contributed by atoms with Gasteiger partial charge in [-0.2, -0.15) is 0 Å².